The molecule has 0 radical (unpaired) electrons. The molecule has 0 bridgehead atoms. The van der Waals surface area contributed by atoms with Gasteiger partial charge >= 0.3 is 12.1 Å². The fraction of sp³-hybridized carbons (Fsp3) is 0.619. The van der Waals surface area contributed by atoms with Gasteiger partial charge in [-0.15, -0.1) is 5.10 Å². The van der Waals surface area contributed by atoms with E-state index in [1.807, 2.05) is 0 Å². The maximum Gasteiger partial charge on any atom is 0.409 e. The van der Waals surface area contributed by atoms with Gasteiger partial charge in [0.25, 0.3) is 0 Å². The number of hydrogen-bond donors (Lipinski definition) is 1. The minimum atomic E-state index is -0.800. The predicted octanol–water partition coefficient (Wildman–Crippen LogP) is 2.53. The van der Waals surface area contributed by atoms with Gasteiger partial charge < -0.3 is 19.5 Å². The molecule has 2 atom stereocenters. The molecule has 0 unspecified atom stereocenters. The Kier molecular flexibility index (Phi) is 8.12. The molecular formula is C21H29FN6O5. The monoisotopic (exact) mass is 464 g/mol. The van der Waals surface area contributed by atoms with E-state index in [9.17, 15) is 19.1 Å². The van der Waals surface area contributed by atoms with Crippen LogP contribution in [0, 0.1) is 12.8 Å². The summed E-state index contributed by atoms with van der Waals surface area (Å²) in [7, 11) is 3.21. The van der Waals surface area contributed by atoms with Crippen molar-refractivity contribution < 1.29 is 28.6 Å². The first-order valence-electron chi connectivity index (χ1n) is 10.9. The number of ether oxygens (including phenoxy) is 2. The van der Waals surface area contributed by atoms with E-state index in [0.717, 1.165) is 12.8 Å². The van der Waals surface area contributed by atoms with E-state index < -0.39 is 24.7 Å². The Labute approximate surface area is 190 Å². The lowest BCUT2D eigenvalue weighted by molar-refractivity contribution is -0.143. The molecule has 12 heteroatoms. The van der Waals surface area contributed by atoms with Gasteiger partial charge in [-0.25, -0.2) is 19.4 Å². The third-order valence-electron chi connectivity index (χ3n) is 5.61. The highest BCUT2D eigenvalue weighted by molar-refractivity contribution is 5.70. The van der Waals surface area contributed by atoms with Crippen LogP contribution >= 0.6 is 0 Å². The lowest BCUT2D eigenvalue weighted by Gasteiger charge is -2.27. The average Bonchev–Trinajstić information content (AvgIpc) is 3.17. The normalized spacial score (nSPS) is 18.1. The first-order valence-corrected chi connectivity index (χ1v) is 10.9. The summed E-state index contributed by atoms with van der Waals surface area (Å²) in [5.74, 6) is -0.857. The molecule has 0 aromatic carbocycles. The average molecular weight is 464 g/mol. The third kappa shape index (κ3) is 6.14. The maximum atomic E-state index is 12.3. The molecule has 0 aliphatic heterocycles. The summed E-state index contributed by atoms with van der Waals surface area (Å²) in [5.41, 5.74) is 1.92. The van der Waals surface area contributed by atoms with Crippen LogP contribution in [0.4, 0.5) is 9.18 Å². The molecule has 1 saturated carbocycles. The minimum Gasteiger partial charge on any atom is -0.481 e. The maximum absolute atomic E-state index is 12.3. The van der Waals surface area contributed by atoms with E-state index >= 15 is 0 Å². The number of alkyl halides is 1. The van der Waals surface area contributed by atoms with E-state index in [4.69, 9.17) is 9.47 Å². The molecular weight excluding hydrogens is 435 g/mol. The first kappa shape index (κ1) is 24.3. The summed E-state index contributed by atoms with van der Waals surface area (Å²) in [6, 6.07) is 0. The largest absolute Gasteiger partial charge is 0.481 e. The first-order chi connectivity index (χ1) is 15.8. The van der Waals surface area contributed by atoms with E-state index in [2.05, 4.69) is 20.3 Å². The van der Waals surface area contributed by atoms with Gasteiger partial charge in [0.2, 0.25) is 5.88 Å². The molecule has 1 N–H and O–H groups in total. The number of nitrogens with zero attached hydrogens (tertiary/aromatic N) is 6. The smallest absolute Gasteiger partial charge is 0.409 e. The number of carboxylic acid groups (broad SMARTS) is 1. The fourth-order valence-corrected chi connectivity index (χ4v) is 3.70. The summed E-state index contributed by atoms with van der Waals surface area (Å²) in [6.07, 6.45) is 3.60. The van der Waals surface area contributed by atoms with Crippen molar-refractivity contribution in [1.82, 2.24) is 29.9 Å². The molecule has 1 aliphatic carbocycles. The quantitative estimate of drug-likeness (QED) is 0.594. The number of carboxylic acids is 1. The van der Waals surface area contributed by atoms with Gasteiger partial charge in [0.1, 0.15) is 35.5 Å². The lowest BCUT2D eigenvalue weighted by Crippen LogP contribution is -2.30. The summed E-state index contributed by atoms with van der Waals surface area (Å²) >= 11 is 0. The highest BCUT2D eigenvalue weighted by atomic mass is 19.1. The van der Waals surface area contributed by atoms with Crippen LogP contribution in [0.1, 0.15) is 43.5 Å². The molecule has 1 aliphatic rings. The van der Waals surface area contributed by atoms with Crippen molar-refractivity contribution >= 4 is 12.1 Å². The topological polar surface area (TPSA) is 133 Å². The zero-order valence-electron chi connectivity index (χ0n) is 19.0. The van der Waals surface area contributed by atoms with Crippen molar-refractivity contribution in [1.29, 1.82) is 0 Å². The third-order valence-corrected chi connectivity index (χ3v) is 5.61. The summed E-state index contributed by atoms with van der Waals surface area (Å²) in [4.78, 5) is 33.6. The Morgan fingerprint density at radius 1 is 1.36 bits per heavy atom. The van der Waals surface area contributed by atoms with E-state index in [0.29, 0.717) is 41.5 Å². The highest BCUT2D eigenvalue weighted by Gasteiger charge is 2.29. The number of aryl methyl sites for hydroxylation is 2. The molecule has 3 rings (SSSR count). The molecule has 2 aromatic rings. The van der Waals surface area contributed by atoms with Crippen molar-refractivity contribution in [3.8, 4) is 17.3 Å². The Bertz CT molecular complexity index is 984. The van der Waals surface area contributed by atoms with Crippen molar-refractivity contribution in [2.75, 3.05) is 20.3 Å². The second kappa shape index (κ2) is 11.0. The van der Waals surface area contributed by atoms with Gasteiger partial charge in [-0.1, -0.05) is 5.21 Å². The molecule has 2 heterocycles. The minimum absolute atomic E-state index is 0.0880. The van der Waals surface area contributed by atoms with E-state index in [1.165, 1.54) is 15.8 Å². The SMILES string of the molecule is Cc1nc(-c2nnn(C)c2COC(=O)N(C)CCCF)cnc1O[C@H]1CCC[C@H](C(=O)O)C1. The zero-order valence-corrected chi connectivity index (χ0v) is 19.0. The van der Waals surface area contributed by atoms with Crippen molar-refractivity contribution in [2.24, 2.45) is 13.0 Å². The molecule has 2 aromatic heterocycles. The van der Waals surface area contributed by atoms with Crippen LogP contribution in [0.2, 0.25) is 0 Å². The number of aliphatic carboxylic acids is 1. The predicted molar refractivity (Wildman–Crippen MR) is 114 cm³/mol. The van der Waals surface area contributed by atoms with Crippen LogP contribution in [-0.4, -0.2) is 73.4 Å². The standard InChI is InChI=1S/C21H29FN6O5/c1-13-19(33-15-7-4-6-14(10-15)20(29)30)23-11-16(24-13)18-17(28(3)26-25-18)12-32-21(31)27(2)9-5-8-22/h11,14-15H,4-10,12H2,1-3H3,(H,29,30)/t14-,15-/m0/s1. The van der Waals surface area contributed by atoms with E-state index in [1.54, 1.807) is 21.0 Å². The molecule has 180 valence electrons. The lowest BCUT2D eigenvalue weighted by atomic mass is 9.87. The van der Waals surface area contributed by atoms with Crippen LogP contribution in [0.5, 0.6) is 5.88 Å². The second-order valence-electron chi connectivity index (χ2n) is 8.11. The Hall–Kier alpha value is -3.31. The Balaban J connectivity index is 1.68. The molecule has 1 amide bonds. The van der Waals surface area contributed by atoms with Gasteiger partial charge in [0, 0.05) is 20.6 Å². The number of hydrogen-bond acceptors (Lipinski definition) is 8. The summed E-state index contributed by atoms with van der Waals surface area (Å²) in [5, 5.41) is 17.4. The van der Waals surface area contributed by atoms with Gasteiger partial charge in [-0.05, 0) is 39.0 Å². The van der Waals surface area contributed by atoms with Crippen LogP contribution in [0.25, 0.3) is 11.4 Å². The molecule has 33 heavy (non-hydrogen) atoms. The number of aromatic nitrogens is 5. The molecule has 0 saturated heterocycles. The van der Waals surface area contributed by atoms with Crippen LogP contribution in [0.15, 0.2) is 6.20 Å². The van der Waals surface area contributed by atoms with Gasteiger partial charge in [-0.2, -0.15) is 0 Å². The second-order valence-corrected chi connectivity index (χ2v) is 8.11. The summed E-state index contributed by atoms with van der Waals surface area (Å²) < 4.78 is 25.1. The zero-order chi connectivity index (χ0) is 24.0. The van der Waals surface area contributed by atoms with Crippen molar-refractivity contribution in [3.63, 3.8) is 0 Å². The van der Waals surface area contributed by atoms with Crippen molar-refractivity contribution in [2.45, 2.75) is 51.7 Å². The van der Waals surface area contributed by atoms with Crippen molar-refractivity contribution in [3.05, 3.63) is 17.6 Å². The molecule has 11 nitrogen and oxygen atoms in total. The number of halogens is 1. The molecule has 1 fully saturated rings. The highest BCUT2D eigenvalue weighted by Crippen LogP contribution is 2.29. The van der Waals surface area contributed by atoms with Crippen LogP contribution in [-0.2, 0) is 23.2 Å². The number of carbonyl (C=O) groups is 2. The number of carbonyl (C=O) groups excluding carboxylic acids is 1. The van der Waals surface area contributed by atoms with Gasteiger partial charge in [0.05, 0.1) is 18.8 Å². The number of amides is 1. The Morgan fingerprint density at radius 3 is 2.85 bits per heavy atom. The van der Waals surface area contributed by atoms with Gasteiger partial charge in [0.15, 0.2) is 0 Å². The van der Waals surface area contributed by atoms with Gasteiger partial charge in [-0.3, -0.25) is 9.18 Å². The van der Waals surface area contributed by atoms with Crippen LogP contribution < -0.4 is 4.74 Å². The molecule has 0 spiro atoms. The number of rotatable bonds is 9. The van der Waals surface area contributed by atoms with E-state index in [-0.39, 0.29) is 25.7 Å². The van der Waals surface area contributed by atoms with Crippen LogP contribution in [0.3, 0.4) is 0 Å². The summed E-state index contributed by atoms with van der Waals surface area (Å²) in [6.45, 7) is 1.41. The Morgan fingerprint density at radius 2 is 2.15 bits per heavy atom. The fourth-order valence-electron chi connectivity index (χ4n) is 3.70.